The van der Waals surface area contributed by atoms with Gasteiger partial charge in [-0.15, -0.1) is 0 Å². The Kier molecular flexibility index (Phi) is 2.36. The lowest BCUT2D eigenvalue weighted by atomic mass is 10.3. The zero-order valence-electron chi connectivity index (χ0n) is 8.60. The lowest BCUT2D eigenvalue weighted by Crippen LogP contribution is -2.11. The Morgan fingerprint density at radius 2 is 1.93 bits per heavy atom. The van der Waals surface area contributed by atoms with Crippen molar-refractivity contribution in [3.05, 3.63) is 41.7 Å². The Morgan fingerprint density at radius 1 is 1.29 bits per heavy atom. The highest BCUT2D eigenvalue weighted by molar-refractivity contribution is 7.76. The van der Waals surface area contributed by atoms with Gasteiger partial charge in [0.2, 0.25) is 0 Å². The minimum Gasteiger partial charge on any atom is -0.314 e. The highest BCUT2D eigenvalue weighted by atomic mass is 31.2. The predicted octanol–water partition coefficient (Wildman–Crippen LogP) is 3.37. The van der Waals surface area contributed by atoms with Crippen LogP contribution in [0.15, 0.2) is 41.7 Å². The van der Waals surface area contributed by atoms with Crippen molar-refractivity contribution in [1.29, 1.82) is 0 Å². The first-order chi connectivity index (χ1) is 6.65. The summed E-state index contributed by atoms with van der Waals surface area (Å²) >= 11 is 0. The van der Waals surface area contributed by atoms with E-state index in [9.17, 15) is 4.57 Å². The first kappa shape index (κ1) is 9.73. The average Bonchev–Trinajstić information content (AvgIpc) is 2.49. The van der Waals surface area contributed by atoms with Crippen LogP contribution in [0.5, 0.6) is 0 Å². The molecule has 74 valence electrons. The molecule has 1 aromatic carbocycles. The van der Waals surface area contributed by atoms with Gasteiger partial charge in [0.25, 0.3) is 0 Å². The highest BCUT2D eigenvalue weighted by Gasteiger charge is 2.36. The van der Waals surface area contributed by atoms with Crippen molar-refractivity contribution in [2.24, 2.45) is 0 Å². The summed E-state index contributed by atoms with van der Waals surface area (Å²) < 4.78 is 12.8. The smallest absolute Gasteiger partial charge is 0.141 e. The summed E-state index contributed by atoms with van der Waals surface area (Å²) in [5.41, 5.74) is 0.282. The molecular formula is C12H15OP. The van der Waals surface area contributed by atoms with Crippen molar-refractivity contribution in [2.75, 3.05) is 0 Å². The summed E-state index contributed by atoms with van der Waals surface area (Å²) in [6, 6.07) is 9.87. The molecule has 0 bridgehead atoms. The summed E-state index contributed by atoms with van der Waals surface area (Å²) in [7, 11) is -2.24. The number of benzene rings is 1. The molecule has 0 saturated heterocycles. The van der Waals surface area contributed by atoms with Crippen LogP contribution in [-0.4, -0.2) is 5.66 Å². The summed E-state index contributed by atoms with van der Waals surface area (Å²) in [6.45, 7) is 4.08. The third-order valence-electron chi connectivity index (χ3n) is 3.04. The van der Waals surface area contributed by atoms with Crippen LogP contribution in [0.2, 0.25) is 0 Å². The Balaban J connectivity index is 2.53. The molecule has 2 atom stereocenters. The van der Waals surface area contributed by atoms with E-state index in [0.29, 0.717) is 0 Å². The molecule has 1 aliphatic heterocycles. The number of hydrogen-bond acceptors (Lipinski definition) is 1. The Morgan fingerprint density at radius 3 is 2.43 bits per heavy atom. The topological polar surface area (TPSA) is 17.1 Å². The van der Waals surface area contributed by atoms with E-state index < -0.39 is 7.14 Å². The Hall–Kier alpha value is -0.810. The molecular weight excluding hydrogens is 191 g/mol. The zero-order chi connectivity index (χ0) is 10.2. The molecule has 0 radical (unpaired) electrons. The molecule has 0 unspecified atom stereocenters. The van der Waals surface area contributed by atoms with E-state index in [1.165, 1.54) is 0 Å². The molecule has 0 spiro atoms. The first-order valence-corrected chi connectivity index (χ1v) is 6.76. The maximum absolute atomic E-state index is 12.8. The van der Waals surface area contributed by atoms with Gasteiger partial charge in [0, 0.05) is 11.0 Å². The third kappa shape index (κ3) is 1.27. The molecule has 0 saturated carbocycles. The first-order valence-electron chi connectivity index (χ1n) is 4.98. The van der Waals surface area contributed by atoms with Crippen molar-refractivity contribution in [2.45, 2.75) is 25.9 Å². The minimum absolute atomic E-state index is 0.282. The summed E-state index contributed by atoms with van der Waals surface area (Å²) in [5.74, 6) is 0. The van der Waals surface area contributed by atoms with Crippen molar-refractivity contribution in [3.8, 4) is 0 Å². The summed E-state index contributed by atoms with van der Waals surface area (Å²) in [4.78, 5) is 0. The Bertz CT molecular complexity index is 406. The van der Waals surface area contributed by atoms with E-state index in [4.69, 9.17) is 0 Å². The van der Waals surface area contributed by atoms with Gasteiger partial charge in [-0.1, -0.05) is 43.3 Å². The second-order valence-electron chi connectivity index (χ2n) is 3.92. The number of hydrogen-bond donors (Lipinski definition) is 0. The van der Waals surface area contributed by atoms with Crippen LogP contribution in [0.25, 0.3) is 0 Å². The van der Waals surface area contributed by atoms with Gasteiger partial charge in [0.05, 0.1) is 0 Å². The fraction of sp³-hybridized carbons (Fsp3) is 0.333. The average molecular weight is 206 g/mol. The van der Waals surface area contributed by atoms with E-state index in [1.807, 2.05) is 37.3 Å². The molecule has 2 heteroatoms. The maximum Gasteiger partial charge on any atom is 0.141 e. The standard InChI is InChI=1S/C12H15OP/c1-10-8-9-11(2)14(10,13)12-6-4-3-5-7-12/h3-8,11H,9H2,1-2H3/t11-,14+/m0/s1. The van der Waals surface area contributed by atoms with Crippen LogP contribution in [0.4, 0.5) is 0 Å². The monoisotopic (exact) mass is 206 g/mol. The molecule has 0 fully saturated rings. The molecule has 1 aromatic rings. The molecule has 1 aliphatic rings. The molecule has 0 aliphatic carbocycles. The van der Waals surface area contributed by atoms with Gasteiger partial charge in [0.15, 0.2) is 0 Å². The molecule has 1 heterocycles. The van der Waals surface area contributed by atoms with Crippen molar-refractivity contribution < 1.29 is 4.57 Å². The van der Waals surface area contributed by atoms with Crippen LogP contribution in [0.3, 0.4) is 0 Å². The van der Waals surface area contributed by atoms with E-state index in [0.717, 1.165) is 17.0 Å². The van der Waals surface area contributed by atoms with Gasteiger partial charge < -0.3 is 4.57 Å². The highest BCUT2D eigenvalue weighted by Crippen LogP contribution is 2.61. The molecule has 1 nitrogen and oxygen atoms in total. The lowest BCUT2D eigenvalue weighted by Gasteiger charge is -2.19. The second kappa shape index (κ2) is 3.40. The van der Waals surface area contributed by atoms with Crippen LogP contribution < -0.4 is 5.30 Å². The van der Waals surface area contributed by atoms with E-state index in [-0.39, 0.29) is 5.66 Å². The van der Waals surface area contributed by atoms with Gasteiger partial charge in [-0.25, -0.2) is 0 Å². The minimum atomic E-state index is -2.24. The molecule has 0 aromatic heterocycles. The lowest BCUT2D eigenvalue weighted by molar-refractivity contribution is 0.580. The van der Waals surface area contributed by atoms with E-state index in [2.05, 4.69) is 13.0 Å². The predicted molar refractivity (Wildman–Crippen MR) is 61.5 cm³/mol. The van der Waals surface area contributed by atoms with Gasteiger partial charge in [0.1, 0.15) is 7.14 Å². The fourth-order valence-electron chi connectivity index (χ4n) is 2.08. The molecule has 14 heavy (non-hydrogen) atoms. The fourth-order valence-corrected chi connectivity index (χ4v) is 5.09. The van der Waals surface area contributed by atoms with Crippen molar-refractivity contribution in [1.82, 2.24) is 0 Å². The van der Waals surface area contributed by atoms with Crippen molar-refractivity contribution in [3.63, 3.8) is 0 Å². The number of allylic oxidation sites excluding steroid dienone is 2. The molecule has 0 N–H and O–H groups in total. The maximum atomic E-state index is 12.8. The summed E-state index contributed by atoms with van der Waals surface area (Å²) in [5, 5.41) is 2.09. The third-order valence-corrected chi connectivity index (χ3v) is 6.79. The Labute approximate surface area is 85.2 Å². The van der Waals surface area contributed by atoms with E-state index in [1.54, 1.807) is 0 Å². The molecule has 0 amide bonds. The van der Waals surface area contributed by atoms with Gasteiger partial charge in [-0.2, -0.15) is 0 Å². The van der Waals surface area contributed by atoms with Crippen LogP contribution in [0.1, 0.15) is 20.3 Å². The number of rotatable bonds is 1. The largest absolute Gasteiger partial charge is 0.314 e. The van der Waals surface area contributed by atoms with Crippen LogP contribution in [0, 0.1) is 0 Å². The van der Waals surface area contributed by atoms with Crippen molar-refractivity contribution >= 4 is 12.4 Å². The summed E-state index contributed by atoms with van der Waals surface area (Å²) in [6.07, 6.45) is 3.08. The SMILES string of the molecule is CC1=CC[C@H](C)[P@@]1(=O)c1ccccc1. The normalized spacial score (nSPS) is 31.6. The van der Waals surface area contributed by atoms with Crippen LogP contribution >= 0.6 is 7.14 Å². The second-order valence-corrected chi connectivity index (χ2v) is 7.34. The van der Waals surface area contributed by atoms with Gasteiger partial charge in [-0.3, -0.25) is 0 Å². The quantitative estimate of drug-likeness (QED) is 0.644. The van der Waals surface area contributed by atoms with Gasteiger partial charge in [-0.05, 0) is 18.7 Å². The van der Waals surface area contributed by atoms with E-state index >= 15 is 0 Å². The zero-order valence-corrected chi connectivity index (χ0v) is 9.50. The van der Waals surface area contributed by atoms with Crippen LogP contribution in [-0.2, 0) is 4.57 Å². The molecule has 2 rings (SSSR count). The van der Waals surface area contributed by atoms with Gasteiger partial charge >= 0.3 is 0 Å².